The van der Waals surface area contributed by atoms with Gasteiger partial charge in [0.15, 0.2) is 0 Å². The number of nitrogens with zero attached hydrogens (tertiary/aromatic N) is 1. The van der Waals surface area contributed by atoms with Crippen molar-refractivity contribution in [3.8, 4) is 23.0 Å². The van der Waals surface area contributed by atoms with Crippen LogP contribution in [0.5, 0.6) is 23.0 Å². The summed E-state index contributed by atoms with van der Waals surface area (Å²) in [6.07, 6.45) is -0.522. The van der Waals surface area contributed by atoms with E-state index in [1.807, 2.05) is 6.92 Å². The summed E-state index contributed by atoms with van der Waals surface area (Å²) in [5, 5.41) is 44.4. The number of esters is 2. The van der Waals surface area contributed by atoms with Gasteiger partial charge in [-0.3, -0.25) is 9.59 Å². The van der Waals surface area contributed by atoms with Crippen molar-refractivity contribution < 1.29 is 58.6 Å². The zero-order valence-corrected chi connectivity index (χ0v) is 27.4. The summed E-state index contributed by atoms with van der Waals surface area (Å²) in [7, 11) is 0. The lowest BCUT2D eigenvalue weighted by atomic mass is 9.95. The molecule has 1 aliphatic rings. The Morgan fingerprint density at radius 2 is 1.49 bits per heavy atom. The Morgan fingerprint density at radius 3 is 2.10 bits per heavy atom. The molecule has 3 aromatic carbocycles. The Morgan fingerprint density at radius 1 is 0.837 bits per heavy atom. The van der Waals surface area contributed by atoms with Crippen LogP contribution >= 0.6 is 0 Å². The number of benzene rings is 3. The smallest absolute Gasteiger partial charge is 0.410 e. The molecule has 1 fully saturated rings. The Hall–Kier alpha value is -5.79. The Bertz CT molecular complexity index is 1720. The quantitative estimate of drug-likeness (QED) is 0.0881. The largest absolute Gasteiger partial charge is 0.508 e. The molecule has 0 spiro atoms. The molecule has 49 heavy (non-hydrogen) atoms. The monoisotopic (exact) mass is 678 g/mol. The zero-order valence-electron chi connectivity index (χ0n) is 27.4. The lowest BCUT2D eigenvalue weighted by Gasteiger charge is -2.24. The van der Waals surface area contributed by atoms with Gasteiger partial charge < -0.3 is 44.9 Å². The van der Waals surface area contributed by atoms with Crippen LogP contribution in [-0.4, -0.2) is 92.5 Å². The average molecular weight is 679 g/mol. The molecule has 4 rings (SSSR count). The van der Waals surface area contributed by atoms with E-state index in [9.17, 15) is 44.4 Å². The predicted molar refractivity (Wildman–Crippen MR) is 173 cm³/mol. The predicted octanol–water partition coefficient (Wildman–Crippen LogP) is 4.27. The van der Waals surface area contributed by atoms with E-state index in [0.717, 1.165) is 24.6 Å². The summed E-state index contributed by atoms with van der Waals surface area (Å²) < 4.78 is 16.2. The zero-order chi connectivity index (χ0) is 36.0. The molecule has 0 aliphatic carbocycles. The third-order valence-corrected chi connectivity index (χ3v) is 7.40. The molecule has 5 N–H and O–H groups in total. The van der Waals surface area contributed by atoms with E-state index in [2.05, 4.69) is 5.32 Å². The van der Waals surface area contributed by atoms with Gasteiger partial charge in [0.1, 0.15) is 40.3 Å². The number of rotatable bonds is 10. The molecule has 2 atom stereocenters. The molecule has 3 aromatic rings. The molecule has 14 nitrogen and oxygen atoms in total. The summed E-state index contributed by atoms with van der Waals surface area (Å²) >= 11 is 0. The number of carbonyl (C=O) groups excluding carboxylic acids is 5. The van der Waals surface area contributed by atoms with Crippen LogP contribution in [-0.2, 0) is 14.2 Å². The summed E-state index contributed by atoms with van der Waals surface area (Å²) in [6, 6.07) is 9.93. The van der Waals surface area contributed by atoms with E-state index in [0.29, 0.717) is 6.42 Å². The van der Waals surface area contributed by atoms with Crippen molar-refractivity contribution in [2.45, 2.75) is 58.3 Å². The molecule has 2 amide bonds. The average Bonchev–Trinajstić information content (AvgIpc) is 3.41. The number of likely N-dealkylation sites (tertiary alicyclic amines) is 1. The van der Waals surface area contributed by atoms with Crippen LogP contribution in [0.3, 0.4) is 0 Å². The van der Waals surface area contributed by atoms with E-state index in [1.54, 1.807) is 20.8 Å². The lowest BCUT2D eigenvalue weighted by Crippen LogP contribution is -2.44. The minimum Gasteiger partial charge on any atom is -0.508 e. The summed E-state index contributed by atoms with van der Waals surface area (Å²) in [5.41, 5.74) is -2.54. The fraction of sp³-hybridized carbons (Fsp3) is 0.343. The van der Waals surface area contributed by atoms with Gasteiger partial charge in [0.05, 0.1) is 35.9 Å². The number of phenols is 4. The molecule has 0 bridgehead atoms. The number of hydrogen-bond acceptors (Lipinski definition) is 12. The van der Waals surface area contributed by atoms with Gasteiger partial charge in [-0.2, -0.15) is 0 Å². The van der Waals surface area contributed by atoms with Crippen LogP contribution in [0.4, 0.5) is 4.79 Å². The molecule has 260 valence electrons. The highest BCUT2D eigenvalue weighted by Crippen LogP contribution is 2.35. The maximum atomic E-state index is 13.5. The maximum absolute atomic E-state index is 13.5. The number of amides is 2. The minimum absolute atomic E-state index is 0.0505. The van der Waals surface area contributed by atoms with Gasteiger partial charge >= 0.3 is 18.0 Å². The normalized spacial score (nSPS) is 15.7. The number of nitrogens with one attached hydrogen (secondary N) is 1. The van der Waals surface area contributed by atoms with E-state index < -0.39 is 75.8 Å². The van der Waals surface area contributed by atoms with Gasteiger partial charge in [0.2, 0.25) is 5.78 Å². The minimum atomic E-state index is -1.12. The fourth-order valence-corrected chi connectivity index (χ4v) is 5.00. The van der Waals surface area contributed by atoms with Crippen LogP contribution < -0.4 is 5.32 Å². The molecule has 1 saturated heterocycles. The number of unbranched alkanes of at least 4 members (excludes halogenated alkanes) is 1. The van der Waals surface area contributed by atoms with E-state index in [4.69, 9.17) is 14.2 Å². The van der Waals surface area contributed by atoms with Gasteiger partial charge in [0.25, 0.3) is 5.91 Å². The van der Waals surface area contributed by atoms with E-state index >= 15 is 0 Å². The third kappa shape index (κ3) is 8.77. The van der Waals surface area contributed by atoms with Crippen LogP contribution in [0, 0.1) is 0 Å². The number of ether oxygens (including phenoxy) is 3. The van der Waals surface area contributed by atoms with Gasteiger partial charge in [-0.05, 0) is 75.7 Å². The van der Waals surface area contributed by atoms with Gasteiger partial charge in [-0.1, -0.05) is 19.4 Å². The Kier molecular flexibility index (Phi) is 11.0. The van der Waals surface area contributed by atoms with Crippen LogP contribution in [0.2, 0.25) is 0 Å². The first kappa shape index (κ1) is 36.1. The second-order valence-electron chi connectivity index (χ2n) is 12.4. The summed E-state index contributed by atoms with van der Waals surface area (Å²) in [6.45, 7) is 6.72. The summed E-state index contributed by atoms with van der Waals surface area (Å²) in [5.74, 6) is -6.03. The first-order valence-electron chi connectivity index (χ1n) is 15.5. The number of carbonyl (C=O) groups is 5. The van der Waals surface area contributed by atoms with Gasteiger partial charge in [0, 0.05) is 12.1 Å². The number of aromatic hydroxyl groups is 4. The third-order valence-electron chi connectivity index (χ3n) is 7.40. The molecule has 0 aromatic heterocycles. The number of hydrogen-bond donors (Lipinski definition) is 5. The van der Waals surface area contributed by atoms with Crippen molar-refractivity contribution >= 4 is 29.7 Å². The summed E-state index contributed by atoms with van der Waals surface area (Å²) in [4.78, 5) is 66.6. The molecule has 0 saturated carbocycles. The SMILES string of the molecule is CCCCOC(=O)c1cccc(O)c1C(=O)c1c(O)cc(C(=O)O[C@@H]2CN(C(=O)OC(C)(C)C)C[C@H]2NC(=O)c2ccc(O)cc2)cc1O. The highest BCUT2D eigenvalue weighted by Gasteiger charge is 2.41. The van der Waals surface area contributed by atoms with E-state index in [1.165, 1.54) is 41.3 Å². The van der Waals surface area contributed by atoms with Gasteiger partial charge in [-0.15, -0.1) is 0 Å². The highest BCUT2D eigenvalue weighted by atomic mass is 16.6. The molecule has 14 heteroatoms. The Labute approximate surface area is 281 Å². The fourth-order valence-electron chi connectivity index (χ4n) is 5.00. The number of phenolic OH excluding ortho intramolecular Hbond substituents is 4. The second-order valence-corrected chi connectivity index (χ2v) is 12.4. The van der Waals surface area contributed by atoms with Crippen LogP contribution in [0.1, 0.15) is 87.5 Å². The molecule has 0 unspecified atom stereocenters. The molecular formula is C35H38N2O12. The van der Waals surface area contributed by atoms with E-state index in [-0.39, 0.29) is 42.1 Å². The maximum Gasteiger partial charge on any atom is 0.410 e. The first-order chi connectivity index (χ1) is 23.1. The molecule has 1 aliphatic heterocycles. The van der Waals surface area contributed by atoms with Crippen molar-refractivity contribution in [1.29, 1.82) is 0 Å². The standard InChI is InChI=1S/C35H38N2O12/c1-5-6-14-47-33(45)22-8-7-9-24(39)28(22)30(42)29-25(40)15-20(16-26(29)41)32(44)48-27-18-37(34(46)49-35(2,3)4)17-23(27)36-31(43)19-10-12-21(38)13-11-19/h7-13,15-16,23,27,38-41H,5-6,14,17-18H2,1-4H3,(H,36,43)/t23-,27-/m1/s1. The van der Waals surface area contributed by atoms with Crippen molar-refractivity contribution in [3.05, 3.63) is 82.4 Å². The van der Waals surface area contributed by atoms with Crippen molar-refractivity contribution in [2.75, 3.05) is 19.7 Å². The van der Waals surface area contributed by atoms with Crippen LogP contribution in [0.25, 0.3) is 0 Å². The molecule has 0 radical (unpaired) electrons. The Balaban J connectivity index is 1.58. The van der Waals surface area contributed by atoms with Crippen LogP contribution in [0.15, 0.2) is 54.6 Å². The second kappa shape index (κ2) is 15.0. The first-order valence-corrected chi connectivity index (χ1v) is 15.5. The molecular weight excluding hydrogens is 640 g/mol. The lowest BCUT2D eigenvalue weighted by molar-refractivity contribution is 0.0177. The van der Waals surface area contributed by atoms with Crippen molar-refractivity contribution in [3.63, 3.8) is 0 Å². The topological polar surface area (TPSA) is 209 Å². The van der Waals surface area contributed by atoms with Crippen molar-refractivity contribution in [1.82, 2.24) is 10.2 Å². The highest BCUT2D eigenvalue weighted by molar-refractivity contribution is 6.18. The van der Waals surface area contributed by atoms with Gasteiger partial charge in [-0.25, -0.2) is 14.4 Å². The molecule has 1 heterocycles. The number of ketones is 1. The van der Waals surface area contributed by atoms with Crippen molar-refractivity contribution in [2.24, 2.45) is 0 Å².